The monoisotopic (exact) mass is 596 g/mol. The number of methoxy groups -OCH3 is 1. The second-order valence-electron chi connectivity index (χ2n) is 12.5. The summed E-state index contributed by atoms with van der Waals surface area (Å²) in [7, 11) is 1.75. The Bertz CT molecular complexity index is 1860. The maximum absolute atomic E-state index is 14.3. The molecule has 0 N–H and O–H groups in total. The van der Waals surface area contributed by atoms with Crippen molar-refractivity contribution in [3.63, 3.8) is 0 Å². The maximum atomic E-state index is 14.3. The van der Waals surface area contributed by atoms with Crippen molar-refractivity contribution in [1.29, 1.82) is 0 Å². The number of aryl methyl sites for hydroxylation is 1. The molecule has 1 saturated heterocycles. The summed E-state index contributed by atoms with van der Waals surface area (Å²) in [5.74, 6) is 0.902. The molecule has 0 saturated carbocycles. The SMILES string of the molecule is COc1cc2c(cc1N1CC(C)N(Cc3ccccc3)C(C)C1)N(C(=O)c1ccc(-c3cccc(C)n3)c3ccccc13)CC2. The predicted octanol–water partition coefficient (Wildman–Crippen LogP) is 7.52. The number of piperazine rings is 1. The van der Waals surface area contributed by atoms with Crippen LogP contribution in [0.15, 0.2) is 97.1 Å². The molecular formula is C39H40N4O2. The maximum Gasteiger partial charge on any atom is 0.258 e. The molecule has 7 rings (SSSR count). The molecule has 2 aliphatic heterocycles. The highest BCUT2D eigenvalue weighted by molar-refractivity contribution is 6.17. The zero-order chi connectivity index (χ0) is 31.1. The summed E-state index contributed by atoms with van der Waals surface area (Å²) in [5, 5.41) is 1.98. The molecular weight excluding hydrogens is 556 g/mol. The van der Waals surface area contributed by atoms with Gasteiger partial charge in [0.15, 0.2) is 0 Å². The molecule has 4 aromatic carbocycles. The smallest absolute Gasteiger partial charge is 0.258 e. The van der Waals surface area contributed by atoms with Crippen LogP contribution in [0.3, 0.4) is 0 Å². The molecule has 5 aromatic rings. The summed E-state index contributed by atoms with van der Waals surface area (Å²) < 4.78 is 5.95. The average molecular weight is 597 g/mol. The van der Waals surface area contributed by atoms with Crippen molar-refractivity contribution in [2.45, 2.75) is 45.8 Å². The number of rotatable bonds is 6. The third-order valence-electron chi connectivity index (χ3n) is 9.49. The van der Waals surface area contributed by atoms with E-state index in [9.17, 15) is 4.79 Å². The molecule has 1 aromatic heterocycles. The molecule has 0 bridgehead atoms. The summed E-state index contributed by atoms with van der Waals surface area (Å²) in [4.78, 5) is 26.1. The van der Waals surface area contributed by atoms with E-state index < -0.39 is 0 Å². The van der Waals surface area contributed by atoms with Gasteiger partial charge in [-0.1, -0.05) is 66.7 Å². The van der Waals surface area contributed by atoms with Gasteiger partial charge in [0.05, 0.1) is 18.5 Å². The van der Waals surface area contributed by atoms with Crippen molar-refractivity contribution in [2.75, 3.05) is 36.5 Å². The van der Waals surface area contributed by atoms with E-state index in [0.29, 0.717) is 24.2 Å². The van der Waals surface area contributed by atoms with Crippen molar-refractivity contribution in [2.24, 2.45) is 0 Å². The van der Waals surface area contributed by atoms with Crippen LogP contribution in [-0.2, 0) is 13.0 Å². The van der Waals surface area contributed by atoms with Crippen LogP contribution in [0.4, 0.5) is 11.4 Å². The van der Waals surface area contributed by atoms with Gasteiger partial charge in [-0.25, -0.2) is 0 Å². The highest BCUT2D eigenvalue weighted by Gasteiger charge is 2.34. The molecule has 1 fully saturated rings. The number of nitrogens with zero attached hydrogens (tertiary/aromatic N) is 4. The standard InChI is InChI=1S/C39H40N4O2/c1-26-11-10-16-35(40-26)33-17-18-34(32-15-9-8-14-31(32)33)39(44)42-20-19-30-21-38(45-4)37(22-36(30)42)41-23-27(2)43(28(3)24-41)25-29-12-6-5-7-13-29/h5-18,21-22,27-28H,19-20,23-25H2,1-4H3. The number of hydrogen-bond donors (Lipinski definition) is 0. The van der Waals surface area contributed by atoms with E-state index in [2.05, 4.69) is 78.2 Å². The van der Waals surface area contributed by atoms with E-state index in [-0.39, 0.29) is 5.91 Å². The highest BCUT2D eigenvalue weighted by atomic mass is 16.5. The van der Waals surface area contributed by atoms with Crippen LogP contribution in [0.1, 0.15) is 41.0 Å². The average Bonchev–Trinajstić information content (AvgIpc) is 3.48. The Morgan fingerprint density at radius 2 is 1.58 bits per heavy atom. The summed E-state index contributed by atoms with van der Waals surface area (Å²) >= 11 is 0. The van der Waals surface area contributed by atoms with Crippen molar-refractivity contribution >= 4 is 28.1 Å². The molecule has 1 amide bonds. The van der Waals surface area contributed by atoms with Crippen molar-refractivity contribution in [1.82, 2.24) is 9.88 Å². The van der Waals surface area contributed by atoms with E-state index in [4.69, 9.17) is 9.72 Å². The van der Waals surface area contributed by atoms with Gasteiger partial charge in [-0.2, -0.15) is 0 Å². The van der Waals surface area contributed by atoms with Crippen LogP contribution in [0.5, 0.6) is 5.75 Å². The number of carbonyl (C=O) groups is 1. The first-order valence-electron chi connectivity index (χ1n) is 15.9. The van der Waals surface area contributed by atoms with Crippen LogP contribution in [0.25, 0.3) is 22.0 Å². The van der Waals surface area contributed by atoms with E-state index in [1.54, 1.807) is 7.11 Å². The number of benzene rings is 4. The lowest BCUT2D eigenvalue weighted by Gasteiger charge is -2.45. The Labute approximate surface area is 265 Å². The molecule has 2 unspecified atom stereocenters. The lowest BCUT2D eigenvalue weighted by Crippen LogP contribution is -2.56. The Morgan fingerprint density at radius 3 is 2.31 bits per heavy atom. The number of anilines is 2. The minimum atomic E-state index is 0.0271. The summed E-state index contributed by atoms with van der Waals surface area (Å²) in [6, 6.07) is 34.0. The first-order valence-corrected chi connectivity index (χ1v) is 15.9. The van der Waals surface area contributed by atoms with E-state index in [0.717, 1.165) is 76.5 Å². The number of ether oxygens (including phenoxy) is 1. The van der Waals surface area contributed by atoms with Crippen molar-refractivity contribution in [3.05, 3.63) is 119 Å². The van der Waals surface area contributed by atoms with Gasteiger partial charge in [-0.05, 0) is 79.4 Å². The minimum absolute atomic E-state index is 0.0271. The van der Waals surface area contributed by atoms with Crippen LogP contribution >= 0.6 is 0 Å². The lowest BCUT2D eigenvalue weighted by molar-refractivity contribution is 0.0991. The van der Waals surface area contributed by atoms with Crippen LogP contribution in [0, 0.1) is 6.92 Å². The molecule has 6 heteroatoms. The largest absolute Gasteiger partial charge is 0.495 e. The Balaban J connectivity index is 1.20. The van der Waals surface area contributed by atoms with Crippen molar-refractivity contribution < 1.29 is 9.53 Å². The number of amides is 1. The molecule has 3 heterocycles. The normalized spacial score (nSPS) is 18.3. The quantitative estimate of drug-likeness (QED) is 0.203. The number of fused-ring (bicyclic) bond motifs is 2. The second kappa shape index (κ2) is 12.0. The molecule has 228 valence electrons. The zero-order valence-electron chi connectivity index (χ0n) is 26.5. The molecule has 2 aliphatic rings. The van der Waals surface area contributed by atoms with Crippen molar-refractivity contribution in [3.8, 4) is 17.0 Å². The topological polar surface area (TPSA) is 48.9 Å². The van der Waals surface area contributed by atoms with E-state index in [1.807, 2.05) is 54.3 Å². The second-order valence-corrected chi connectivity index (χ2v) is 12.5. The zero-order valence-corrected chi connectivity index (χ0v) is 26.5. The Hall–Kier alpha value is -4.68. The highest BCUT2D eigenvalue weighted by Crippen LogP contribution is 2.41. The summed E-state index contributed by atoms with van der Waals surface area (Å²) in [5.41, 5.74) is 8.16. The molecule has 0 aliphatic carbocycles. The molecule has 0 spiro atoms. The number of pyridine rings is 1. The lowest BCUT2D eigenvalue weighted by atomic mass is 9.96. The Morgan fingerprint density at radius 1 is 0.844 bits per heavy atom. The van der Waals surface area contributed by atoms with Crippen LogP contribution in [-0.4, -0.2) is 54.6 Å². The third kappa shape index (κ3) is 5.44. The van der Waals surface area contributed by atoms with Gasteiger partial charge in [-0.3, -0.25) is 14.7 Å². The van der Waals surface area contributed by atoms with Gasteiger partial charge in [0, 0.05) is 60.8 Å². The molecule has 6 nitrogen and oxygen atoms in total. The molecule has 0 radical (unpaired) electrons. The van der Waals surface area contributed by atoms with Crippen LogP contribution in [0.2, 0.25) is 0 Å². The van der Waals surface area contributed by atoms with Gasteiger partial charge in [0.2, 0.25) is 0 Å². The van der Waals surface area contributed by atoms with Gasteiger partial charge in [0.25, 0.3) is 5.91 Å². The summed E-state index contributed by atoms with van der Waals surface area (Å²) in [6.07, 6.45) is 0.804. The molecule has 2 atom stereocenters. The third-order valence-corrected chi connectivity index (χ3v) is 9.49. The fourth-order valence-corrected chi connectivity index (χ4v) is 7.23. The number of aromatic nitrogens is 1. The van der Waals surface area contributed by atoms with Gasteiger partial charge < -0.3 is 14.5 Å². The fourth-order valence-electron chi connectivity index (χ4n) is 7.23. The minimum Gasteiger partial charge on any atom is -0.495 e. The first-order chi connectivity index (χ1) is 21.9. The summed E-state index contributed by atoms with van der Waals surface area (Å²) in [6.45, 7) is 9.98. The number of hydrogen-bond acceptors (Lipinski definition) is 5. The van der Waals surface area contributed by atoms with Crippen LogP contribution < -0.4 is 14.5 Å². The molecule has 45 heavy (non-hydrogen) atoms. The number of carbonyl (C=O) groups excluding carboxylic acids is 1. The predicted molar refractivity (Wildman–Crippen MR) is 183 cm³/mol. The first kappa shape index (κ1) is 29.1. The van der Waals surface area contributed by atoms with Gasteiger partial charge in [0.1, 0.15) is 5.75 Å². The Kier molecular flexibility index (Phi) is 7.76. The van der Waals surface area contributed by atoms with E-state index in [1.165, 1.54) is 5.56 Å². The van der Waals surface area contributed by atoms with E-state index >= 15 is 0 Å². The fraction of sp³-hybridized carbons (Fsp3) is 0.282. The van der Waals surface area contributed by atoms with Gasteiger partial charge in [-0.15, -0.1) is 0 Å². The van der Waals surface area contributed by atoms with Gasteiger partial charge >= 0.3 is 0 Å².